The highest BCUT2D eigenvalue weighted by Gasteiger charge is 2.34. The van der Waals surface area contributed by atoms with E-state index in [2.05, 4.69) is 0 Å². The molecule has 1 aromatic carbocycles. The van der Waals surface area contributed by atoms with Crippen LogP contribution < -0.4 is 4.74 Å². The normalized spacial score (nSPS) is 12.9. The van der Waals surface area contributed by atoms with E-state index in [1.807, 2.05) is 0 Å². The van der Waals surface area contributed by atoms with Crippen molar-refractivity contribution in [1.82, 2.24) is 0 Å². The number of aliphatic hydroxyl groups is 1. The Kier molecular flexibility index (Phi) is 3.60. The predicted molar refractivity (Wildman–Crippen MR) is 55.6 cm³/mol. The van der Waals surface area contributed by atoms with Gasteiger partial charge < -0.3 is 9.84 Å². The van der Waals surface area contributed by atoms with Gasteiger partial charge in [-0.2, -0.15) is 10.5 Å². The Balaban J connectivity index is 2.80. The molecule has 1 atom stereocenters. The first-order chi connectivity index (χ1) is 7.62. The Hall–Kier alpha value is -2.37. The van der Waals surface area contributed by atoms with Crippen molar-refractivity contribution in [1.29, 1.82) is 15.9 Å². The van der Waals surface area contributed by atoms with E-state index in [-0.39, 0.29) is 0 Å². The molecule has 16 heavy (non-hydrogen) atoms. The average Bonchev–Trinajstić information content (AvgIpc) is 2.30. The van der Waals surface area contributed by atoms with Crippen molar-refractivity contribution in [3.63, 3.8) is 0 Å². The molecule has 0 saturated carbocycles. The third-order valence-electron chi connectivity index (χ3n) is 1.86. The van der Waals surface area contributed by atoms with Crippen LogP contribution in [0.4, 0.5) is 0 Å². The molecule has 0 heterocycles. The summed E-state index contributed by atoms with van der Waals surface area (Å²) in [5, 5.41) is 34.2. The molecule has 1 rings (SSSR count). The standard InChI is InChI=1S/C11H9N3O2/c12-7-6-11(15,8-13)10(14)16-9-4-2-1-3-5-9/h1-5,14-15H,6H2. The topological polar surface area (TPSA) is 101 Å². The summed E-state index contributed by atoms with van der Waals surface area (Å²) >= 11 is 0. The van der Waals surface area contributed by atoms with Gasteiger partial charge in [0.05, 0.1) is 12.5 Å². The number of nitriles is 2. The minimum absolute atomic E-state index is 0.333. The van der Waals surface area contributed by atoms with Crippen LogP contribution in [-0.2, 0) is 0 Å². The van der Waals surface area contributed by atoms with Crippen LogP contribution in [0, 0.1) is 28.1 Å². The van der Waals surface area contributed by atoms with Crippen LogP contribution in [0.25, 0.3) is 0 Å². The lowest BCUT2D eigenvalue weighted by Crippen LogP contribution is -2.39. The summed E-state index contributed by atoms with van der Waals surface area (Å²) in [4.78, 5) is 0. The second-order valence-electron chi connectivity index (χ2n) is 3.05. The van der Waals surface area contributed by atoms with E-state index in [0.29, 0.717) is 5.75 Å². The molecule has 1 unspecified atom stereocenters. The summed E-state index contributed by atoms with van der Waals surface area (Å²) in [7, 11) is 0. The van der Waals surface area contributed by atoms with E-state index in [1.54, 1.807) is 36.4 Å². The fourth-order valence-corrected chi connectivity index (χ4v) is 0.976. The average molecular weight is 215 g/mol. The van der Waals surface area contributed by atoms with Crippen LogP contribution >= 0.6 is 0 Å². The number of ether oxygens (including phenoxy) is 1. The zero-order valence-corrected chi connectivity index (χ0v) is 8.34. The van der Waals surface area contributed by atoms with E-state index < -0.39 is 17.9 Å². The summed E-state index contributed by atoms with van der Waals surface area (Å²) in [6.07, 6.45) is -0.505. The van der Waals surface area contributed by atoms with Crippen molar-refractivity contribution in [2.45, 2.75) is 12.0 Å². The number of nitrogens with zero attached hydrogens (tertiary/aromatic N) is 2. The molecule has 1 aromatic rings. The first-order valence-electron chi connectivity index (χ1n) is 4.45. The minimum atomic E-state index is -2.19. The third-order valence-corrected chi connectivity index (χ3v) is 1.86. The summed E-state index contributed by atoms with van der Waals surface area (Å²) in [5.74, 6) is -0.318. The summed E-state index contributed by atoms with van der Waals surface area (Å²) in [6.45, 7) is 0. The van der Waals surface area contributed by atoms with Gasteiger partial charge in [0, 0.05) is 0 Å². The van der Waals surface area contributed by atoms with Crippen molar-refractivity contribution in [2.75, 3.05) is 0 Å². The van der Waals surface area contributed by atoms with Gasteiger partial charge in [0.25, 0.3) is 0 Å². The molecule has 0 aliphatic rings. The first-order valence-corrected chi connectivity index (χ1v) is 4.45. The van der Waals surface area contributed by atoms with Gasteiger partial charge in [0.1, 0.15) is 11.8 Å². The molecule has 0 amide bonds. The molecule has 0 saturated heterocycles. The van der Waals surface area contributed by atoms with Crippen LogP contribution in [0.2, 0.25) is 0 Å². The number of rotatable bonds is 3. The summed E-state index contributed by atoms with van der Waals surface area (Å²) in [6, 6.07) is 11.4. The monoisotopic (exact) mass is 215 g/mol. The molecule has 0 spiro atoms. The Morgan fingerprint density at radius 2 is 2.00 bits per heavy atom. The second-order valence-corrected chi connectivity index (χ2v) is 3.05. The zero-order valence-electron chi connectivity index (χ0n) is 8.34. The number of para-hydroxylation sites is 1. The smallest absolute Gasteiger partial charge is 0.240 e. The van der Waals surface area contributed by atoms with Crippen molar-refractivity contribution in [3.8, 4) is 17.9 Å². The van der Waals surface area contributed by atoms with Gasteiger partial charge in [0.2, 0.25) is 11.5 Å². The maximum Gasteiger partial charge on any atom is 0.240 e. The van der Waals surface area contributed by atoms with Gasteiger partial charge in [-0.05, 0) is 12.1 Å². The number of nitrogens with one attached hydrogen (secondary N) is 1. The fraction of sp³-hybridized carbons (Fsp3) is 0.182. The Morgan fingerprint density at radius 1 is 1.38 bits per heavy atom. The maximum atomic E-state index is 9.62. The highest BCUT2D eigenvalue weighted by Crippen LogP contribution is 2.15. The van der Waals surface area contributed by atoms with Gasteiger partial charge in [0.15, 0.2) is 0 Å². The number of hydrogen-bond donors (Lipinski definition) is 2. The first kappa shape index (κ1) is 11.7. The largest absolute Gasteiger partial charge is 0.439 e. The van der Waals surface area contributed by atoms with Gasteiger partial charge in [-0.25, -0.2) is 0 Å². The molecular weight excluding hydrogens is 206 g/mol. The van der Waals surface area contributed by atoms with Crippen molar-refractivity contribution in [2.24, 2.45) is 0 Å². The Morgan fingerprint density at radius 3 is 2.50 bits per heavy atom. The van der Waals surface area contributed by atoms with Crippen LogP contribution in [0.15, 0.2) is 30.3 Å². The lowest BCUT2D eigenvalue weighted by atomic mass is 10.0. The lowest BCUT2D eigenvalue weighted by molar-refractivity contribution is 0.154. The lowest BCUT2D eigenvalue weighted by Gasteiger charge is -2.17. The van der Waals surface area contributed by atoms with Crippen molar-refractivity contribution in [3.05, 3.63) is 30.3 Å². The van der Waals surface area contributed by atoms with Crippen LogP contribution in [0.5, 0.6) is 5.75 Å². The number of benzene rings is 1. The van der Waals surface area contributed by atoms with E-state index in [0.717, 1.165) is 0 Å². The Bertz CT molecular complexity index is 458. The van der Waals surface area contributed by atoms with Crippen LogP contribution in [-0.4, -0.2) is 16.6 Å². The zero-order chi connectivity index (χ0) is 12.0. The van der Waals surface area contributed by atoms with E-state index >= 15 is 0 Å². The van der Waals surface area contributed by atoms with Gasteiger partial charge >= 0.3 is 0 Å². The quantitative estimate of drug-likeness (QED) is 0.449. The number of hydrogen-bond acceptors (Lipinski definition) is 5. The molecule has 0 radical (unpaired) electrons. The molecule has 0 aliphatic heterocycles. The highest BCUT2D eigenvalue weighted by molar-refractivity contribution is 5.87. The molecule has 2 N–H and O–H groups in total. The van der Waals surface area contributed by atoms with Crippen LogP contribution in [0.1, 0.15) is 6.42 Å². The Labute approximate surface area is 92.6 Å². The molecular formula is C11H9N3O2. The molecule has 0 fully saturated rings. The summed E-state index contributed by atoms with van der Waals surface area (Å²) in [5.41, 5.74) is -2.19. The minimum Gasteiger partial charge on any atom is -0.439 e. The van der Waals surface area contributed by atoms with E-state index in [4.69, 9.17) is 20.7 Å². The fourth-order valence-electron chi connectivity index (χ4n) is 0.976. The second kappa shape index (κ2) is 4.92. The molecule has 5 heteroatoms. The molecule has 0 aromatic heterocycles. The predicted octanol–water partition coefficient (Wildman–Crippen LogP) is 1.21. The molecule has 0 aliphatic carbocycles. The van der Waals surface area contributed by atoms with E-state index in [9.17, 15) is 5.11 Å². The van der Waals surface area contributed by atoms with Gasteiger partial charge in [-0.15, -0.1) is 0 Å². The molecule has 5 nitrogen and oxygen atoms in total. The highest BCUT2D eigenvalue weighted by atomic mass is 16.5. The molecule has 80 valence electrons. The van der Waals surface area contributed by atoms with Gasteiger partial charge in [-0.1, -0.05) is 18.2 Å². The summed E-state index contributed by atoms with van der Waals surface area (Å²) < 4.78 is 4.98. The van der Waals surface area contributed by atoms with Crippen molar-refractivity contribution < 1.29 is 9.84 Å². The SMILES string of the molecule is N#CCC(O)(C#N)C(=N)Oc1ccccc1. The van der Waals surface area contributed by atoms with Crippen molar-refractivity contribution >= 4 is 5.90 Å². The van der Waals surface area contributed by atoms with Crippen LogP contribution in [0.3, 0.4) is 0 Å². The molecule has 0 bridgehead atoms. The van der Waals surface area contributed by atoms with E-state index in [1.165, 1.54) is 6.07 Å². The maximum absolute atomic E-state index is 9.62. The van der Waals surface area contributed by atoms with Gasteiger partial charge in [-0.3, -0.25) is 5.41 Å². The third kappa shape index (κ3) is 2.57.